The maximum Gasteiger partial charge on any atom is 0.199 e. The van der Waals surface area contributed by atoms with E-state index in [1.165, 1.54) is 31.2 Å². The lowest BCUT2D eigenvalue weighted by molar-refractivity contribution is 0.146. The van der Waals surface area contributed by atoms with Gasteiger partial charge in [-0.1, -0.05) is 48.6 Å². The predicted octanol–water partition coefficient (Wildman–Crippen LogP) is 2.98. The number of aliphatic hydroxyl groups excluding tert-OH is 1. The van der Waals surface area contributed by atoms with Crippen LogP contribution in [0.15, 0.2) is 82.6 Å². The minimum absolute atomic E-state index is 0.0523. The Kier molecular flexibility index (Phi) is 5.05. The molecule has 144 valence electrons. The van der Waals surface area contributed by atoms with Crippen LogP contribution >= 0.6 is 0 Å². The second-order valence-electron chi connectivity index (χ2n) is 6.93. The van der Waals surface area contributed by atoms with Crippen LogP contribution < -0.4 is 0 Å². The molecule has 0 bridgehead atoms. The van der Waals surface area contributed by atoms with E-state index in [0.717, 1.165) is 0 Å². The highest BCUT2D eigenvalue weighted by molar-refractivity contribution is 8.10. The van der Waals surface area contributed by atoms with Crippen LogP contribution in [0.4, 0.5) is 0 Å². The highest BCUT2D eigenvalue weighted by Gasteiger charge is 2.61. The third-order valence-corrected chi connectivity index (χ3v) is 10.9. The zero-order valence-electron chi connectivity index (χ0n) is 14.9. The Labute approximate surface area is 160 Å². The van der Waals surface area contributed by atoms with E-state index in [0.29, 0.717) is 5.57 Å². The van der Waals surface area contributed by atoms with E-state index in [2.05, 4.69) is 6.58 Å². The molecule has 27 heavy (non-hydrogen) atoms. The SMILES string of the molecule is C=C1CC(S(=O)(=O)c2ccccc2)(S(=O)(=O)c2ccccc2)C[C@@H]1[C@H](C)O. The maximum absolute atomic E-state index is 13.6. The summed E-state index contributed by atoms with van der Waals surface area (Å²) in [6, 6.07) is 15.2. The van der Waals surface area contributed by atoms with Crippen molar-refractivity contribution >= 4 is 19.7 Å². The van der Waals surface area contributed by atoms with Gasteiger partial charge in [0.15, 0.2) is 23.8 Å². The summed E-state index contributed by atoms with van der Waals surface area (Å²) in [5, 5.41) is 10.1. The van der Waals surface area contributed by atoms with Crippen molar-refractivity contribution < 1.29 is 21.9 Å². The van der Waals surface area contributed by atoms with Crippen LogP contribution in [0.2, 0.25) is 0 Å². The molecule has 2 atom stereocenters. The maximum atomic E-state index is 13.6. The summed E-state index contributed by atoms with van der Waals surface area (Å²) in [6.07, 6.45) is -1.36. The molecule has 7 heteroatoms. The van der Waals surface area contributed by atoms with Gasteiger partial charge in [-0.15, -0.1) is 0 Å². The Morgan fingerprint density at radius 2 is 1.33 bits per heavy atom. The zero-order chi connectivity index (χ0) is 19.9. The third-order valence-electron chi connectivity index (χ3n) is 5.22. The van der Waals surface area contributed by atoms with Gasteiger partial charge in [0.1, 0.15) is 0 Å². The second-order valence-corrected chi connectivity index (χ2v) is 11.7. The van der Waals surface area contributed by atoms with E-state index in [4.69, 9.17) is 0 Å². The van der Waals surface area contributed by atoms with Gasteiger partial charge < -0.3 is 5.11 Å². The molecule has 1 aliphatic carbocycles. The molecule has 1 N–H and O–H groups in total. The van der Waals surface area contributed by atoms with E-state index in [1.54, 1.807) is 36.4 Å². The van der Waals surface area contributed by atoms with E-state index < -0.39 is 35.8 Å². The Morgan fingerprint density at radius 3 is 1.67 bits per heavy atom. The van der Waals surface area contributed by atoms with Crippen LogP contribution in [-0.4, -0.2) is 32.1 Å². The first-order valence-electron chi connectivity index (χ1n) is 8.58. The van der Waals surface area contributed by atoms with Gasteiger partial charge in [0.2, 0.25) is 0 Å². The molecule has 1 saturated carbocycles. The molecule has 0 aromatic heterocycles. The van der Waals surface area contributed by atoms with Gasteiger partial charge in [-0.25, -0.2) is 16.8 Å². The molecule has 0 amide bonds. The predicted molar refractivity (Wildman–Crippen MR) is 104 cm³/mol. The van der Waals surface area contributed by atoms with Gasteiger partial charge in [-0.3, -0.25) is 0 Å². The van der Waals surface area contributed by atoms with Crippen LogP contribution in [-0.2, 0) is 19.7 Å². The summed E-state index contributed by atoms with van der Waals surface area (Å²) in [6.45, 7) is 5.40. The monoisotopic (exact) mass is 406 g/mol. The largest absolute Gasteiger partial charge is 0.393 e. The van der Waals surface area contributed by atoms with Crippen LogP contribution in [0.5, 0.6) is 0 Å². The van der Waals surface area contributed by atoms with Gasteiger partial charge in [-0.05, 0) is 37.6 Å². The van der Waals surface area contributed by atoms with E-state index in [9.17, 15) is 21.9 Å². The summed E-state index contributed by atoms with van der Waals surface area (Å²) in [5.41, 5.74) is 0.434. The van der Waals surface area contributed by atoms with Crippen LogP contribution in [0.25, 0.3) is 0 Å². The lowest BCUT2D eigenvalue weighted by Gasteiger charge is -2.29. The van der Waals surface area contributed by atoms with Crippen molar-refractivity contribution in [2.24, 2.45) is 5.92 Å². The molecule has 0 spiro atoms. The molecule has 0 saturated heterocycles. The number of hydrogen-bond donors (Lipinski definition) is 1. The normalized spacial score (nSPS) is 21.1. The molecule has 2 aromatic carbocycles. The van der Waals surface area contributed by atoms with Gasteiger partial charge in [0.05, 0.1) is 15.9 Å². The smallest absolute Gasteiger partial charge is 0.199 e. The van der Waals surface area contributed by atoms with Crippen molar-refractivity contribution in [2.45, 2.75) is 39.7 Å². The quantitative estimate of drug-likeness (QED) is 0.771. The number of sulfone groups is 2. The van der Waals surface area contributed by atoms with Crippen molar-refractivity contribution in [1.82, 2.24) is 0 Å². The minimum Gasteiger partial charge on any atom is -0.393 e. The third kappa shape index (κ3) is 3.03. The summed E-state index contributed by atoms with van der Waals surface area (Å²) in [7, 11) is -8.53. The summed E-state index contributed by atoms with van der Waals surface area (Å²) in [4.78, 5) is -0.105. The topological polar surface area (TPSA) is 88.5 Å². The molecular weight excluding hydrogens is 384 g/mol. The molecule has 0 aliphatic heterocycles. The number of rotatable bonds is 5. The lowest BCUT2D eigenvalue weighted by Crippen LogP contribution is -2.44. The molecule has 0 heterocycles. The van der Waals surface area contributed by atoms with Crippen LogP contribution in [0.3, 0.4) is 0 Å². The molecule has 1 fully saturated rings. The fraction of sp³-hybridized carbons (Fsp3) is 0.300. The average Bonchev–Trinajstić information content (AvgIpc) is 3.03. The van der Waals surface area contributed by atoms with Gasteiger partial charge in [0, 0.05) is 12.3 Å². The minimum atomic E-state index is -4.27. The number of hydrogen-bond acceptors (Lipinski definition) is 5. The first-order valence-corrected chi connectivity index (χ1v) is 11.6. The molecule has 2 aromatic rings. The summed E-state index contributed by atoms with van der Waals surface area (Å²) in [5.74, 6) is -0.609. The first-order chi connectivity index (χ1) is 12.6. The van der Waals surface area contributed by atoms with Crippen molar-refractivity contribution in [3.8, 4) is 0 Å². The van der Waals surface area contributed by atoms with Crippen molar-refractivity contribution in [3.05, 3.63) is 72.8 Å². The highest BCUT2D eigenvalue weighted by atomic mass is 32.3. The molecule has 3 rings (SSSR count). The Hall–Kier alpha value is -1.96. The first kappa shape index (κ1) is 19.8. The van der Waals surface area contributed by atoms with Gasteiger partial charge in [-0.2, -0.15) is 0 Å². The Balaban J connectivity index is 2.29. The lowest BCUT2D eigenvalue weighted by atomic mass is 9.99. The Morgan fingerprint density at radius 1 is 0.926 bits per heavy atom. The number of benzene rings is 2. The molecule has 1 aliphatic rings. The molecule has 0 unspecified atom stereocenters. The molecular formula is C20H22O5S2. The number of aliphatic hydroxyl groups is 1. The Bertz CT molecular complexity index is 971. The van der Waals surface area contributed by atoms with Crippen molar-refractivity contribution in [2.75, 3.05) is 0 Å². The van der Waals surface area contributed by atoms with Crippen LogP contribution in [0, 0.1) is 5.92 Å². The van der Waals surface area contributed by atoms with E-state index >= 15 is 0 Å². The summed E-state index contributed by atoms with van der Waals surface area (Å²) >= 11 is 0. The van der Waals surface area contributed by atoms with E-state index in [1.807, 2.05) is 0 Å². The fourth-order valence-electron chi connectivity index (χ4n) is 3.72. The van der Waals surface area contributed by atoms with Gasteiger partial charge >= 0.3 is 0 Å². The van der Waals surface area contributed by atoms with Crippen molar-refractivity contribution in [1.29, 1.82) is 0 Å². The second kappa shape index (κ2) is 6.89. The van der Waals surface area contributed by atoms with Crippen LogP contribution in [0.1, 0.15) is 19.8 Å². The van der Waals surface area contributed by atoms with Crippen molar-refractivity contribution in [3.63, 3.8) is 0 Å². The van der Waals surface area contributed by atoms with Gasteiger partial charge in [0.25, 0.3) is 0 Å². The summed E-state index contributed by atoms with van der Waals surface area (Å²) < 4.78 is 52.3. The fourth-order valence-corrected chi connectivity index (χ4v) is 8.89. The molecule has 0 radical (unpaired) electrons. The average molecular weight is 407 g/mol. The highest BCUT2D eigenvalue weighted by Crippen LogP contribution is 2.52. The zero-order valence-corrected chi connectivity index (χ0v) is 16.6. The standard InChI is InChI=1S/C20H22O5S2/c1-15-13-20(14-19(15)16(2)21,26(22,23)17-9-5-3-6-10-17)27(24,25)18-11-7-4-8-12-18/h3-12,16,19,21H,1,13-14H2,2H3/t16-,19-/m0/s1. The van der Waals surface area contributed by atoms with E-state index in [-0.39, 0.29) is 22.6 Å². The molecule has 5 nitrogen and oxygen atoms in total.